The maximum atomic E-state index is 13.3. The van der Waals surface area contributed by atoms with Gasteiger partial charge in [0, 0.05) is 11.7 Å². The lowest BCUT2D eigenvalue weighted by molar-refractivity contribution is -0.137. The second kappa shape index (κ2) is 9.64. The van der Waals surface area contributed by atoms with E-state index in [1.54, 1.807) is 10.6 Å². The number of benzene rings is 2. The number of alkyl halides is 3. The molecule has 1 amide bonds. The first-order valence-electron chi connectivity index (χ1n) is 10.1. The van der Waals surface area contributed by atoms with Gasteiger partial charge in [0.15, 0.2) is 11.0 Å². The Kier molecular flexibility index (Phi) is 6.69. The maximum absolute atomic E-state index is 13.3. The van der Waals surface area contributed by atoms with E-state index in [-0.39, 0.29) is 24.1 Å². The molecule has 10 heteroatoms. The van der Waals surface area contributed by atoms with E-state index in [0.29, 0.717) is 23.3 Å². The average molecular weight is 462 g/mol. The van der Waals surface area contributed by atoms with Gasteiger partial charge in [-0.25, -0.2) is 0 Å². The Labute approximate surface area is 187 Å². The molecule has 1 N–H and O–H groups in total. The van der Waals surface area contributed by atoms with Crippen molar-refractivity contribution in [3.8, 4) is 11.4 Å². The zero-order valence-electron chi connectivity index (χ0n) is 17.0. The molecule has 0 atom stereocenters. The first-order chi connectivity index (χ1) is 15.4. The molecule has 0 aliphatic heterocycles. The van der Waals surface area contributed by atoms with Gasteiger partial charge in [-0.15, -0.1) is 10.2 Å². The number of thioether (sulfide) groups is 1. The number of hydrogen-bond acceptors (Lipinski definition) is 5. The van der Waals surface area contributed by atoms with Crippen LogP contribution in [0.15, 0.2) is 59.8 Å². The van der Waals surface area contributed by atoms with Gasteiger partial charge in [-0.05, 0) is 43.2 Å². The van der Waals surface area contributed by atoms with Gasteiger partial charge in [0.1, 0.15) is 5.75 Å². The molecule has 0 unspecified atom stereocenters. The number of carbonyl (C=O) groups excluding carboxylic acids is 1. The van der Waals surface area contributed by atoms with E-state index in [0.717, 1.165) is 30.7 Å². The van der Waals surface area contributed by atoms with Crippen LogP contribution in [0.25, 0.3) is 5.69 Å². The van der Waals surface area contributed by atoms with Gasteiger partial charge in [-0.2, -0.15) is 13.2 Å². The highest BCUT2D eigenvalue weighted by Gasteiger charge is 2.31. The molecule has 0 spiro atoms. The minimum Gasteiger partial charge on any atom is -0.493 e. The van der Waals surface area contributed by atoms with E-state index >= 15 is 0 Å². The smallest absolute Gasteiger partial charge is 0.416 e. The molecule has 2 aromatic carbocycles. The van der Waals surface area contributed by atoms with Crippen LogP contribution >= 0.6 is 11.8 Å². The second-order valence-electron chi connectivity index (χ2n) is 7.28. The number of halogens is 3. The molecule has 1 aromatic heterocycles. The van der Waals surface area contributed by atoms with Gasteiger partial charge in [-0.1, -0.05) is 36.0 Å². The number of amides is 1. The number of para-hydroxylation sites is 1. The number of carbonyl (C=O) groups is 1. The number of aromatic nitrogens is 3. The molecule has 0 radical (unpaired) electrons. The van der Waals surface area contributed by atoms with Crippen molar-refractivity contribution in [1.82, 2.24) is 20.1 Å². The summed E-state index contributed by atoms with van der Waals surface area (Å²) in [7, 11) is 0. The van der Waals surface area contributed by atoms with Crippen molar-refractivity contribution >= 4 is 17.7 Å². The molecule has 3 aromatic rings. The first kappa shape index (κ1) is 22.2. The summed E-state index contributed by atoms with van der Waals surface area (Å²) in [6, 6.07) is 14.3. The number of rotatable bonds is 9. The fraction of sp³-hybridized carbons (Fsp3) is 0.318. The quantitative estimate of drug-likeness (QED) is 0.375. The summed E-state index contributed by atoms with van der Waals surface area (Å²) < 4.78 is 47.0. The molecule has 6 nitrogen and oxygen atoms in total. The van der Waals surface area contributed by atoms with E-state index in [1.165, 1.54) is 17.8 Å². The third-order valence-corrected chi connectivity index (χ3v) is 5.72. The highest BCUT2D eigenvalue weighted by Crippen LogP contribution is 2.32. The monoisotopic (exact) mass is 462 g/mol. The summed E-state index contributed by atoms with van der Waals surface area (Å²) >= 11 is 1.32. The lowest BCUT2D eigenvalue weighted by atomic mass is 10.2. The highest BCUT2D eigenvalue weighted by molar-refractivity contribution is 7.99. The molecular weight excluding hydrogens is 441 g/mol. The zero-order valence-corrected chi connectivity index (χ0v) is 17.8. The molecule has 1 heterocycles. The van der Waals surface area contributed by atoms with Crippen molar-refractivity contribution in [1.29, 1.82) is 0 Å². The lowest BCUT2D eigenvalue weighted by Gasteiger charge is -2.13. The molecule has 1 aliphatic carbocycles. The van der Waals surface area contributed by atoms with Crippen molar-refractivity contribution in [3.05, 3.63) is 66.0 Å². The fourth-order valence-electron chi connectivity index (χ4n) is 3.05. The van der Waals surface area contributed by atoms with Crippen LogP contribution in [-0.2, 0) is 17.5 Å². The van der Waals surface area contributed by atoms with Gasteiger partial charge in [0.25, 0.3) is 0 Å². The Hall–Kier alpha value is -3.01. The van der Waals surface area contributed by atoms with Crippen LogP contribution in [0.5, 0.6) is 5.75 Å². The van der Waals surface area contributed by atoms with E-state index in [1.807, 2.05) is 30.3 Å². The summed E-state index contributed by atoms with van der Waals surface area (Å²) in [4.78, 5) is 12.0. The van der Waals surface area contributed by atoms with Crippen molar-refractivity contribution in [2.45, 2.75) is 30.7 Å². The van der Waals surface area contributed by atoms with Crippen molar-refractivity contribution < 1.29 is 22.7 Å². The SMILES string of the molecule is O=C(NCc1nnc(SCCOc2ccccc2)n1-c1cccc(C(F)(F)F)c1)C1CC1. The first-order valence-corrected chi connectivity index (χ1v) is 11.1. The van der Waals surface area contributed by atoms with E-state index in [9.17, 15) is 18.0 Å². The number of hydrogen-bond donors (Lipinski definition) is 1. The van der Waals surface area contributed by atoms with Crippen molar-refractivity contribution in [2.24, 2.45) is 5.92 Å². The standard InChI is InChI=1S/C22H21F3N4O2S/c23-22(24,25)16-5-4-6-17(13-16)29-19(14-26-20(30)15-9-10-15)27-28-21(29)32-12-11-31-18-7-2-1-3-8-18/h1-8,13,15H,9-12,14H2,(H,26,30). The van der Waals surface area contributed by atoms with E-state index in [4.69, 9.17) is 4.74 Å². The van der Waals surface area contributed by atoms with Crippen LogP contribution in [0.3, 0.4) is 0 Å². The van der Waals surface area contributed by atoms with Gasteiger partial charge < -0.3 is 10.1 Å². The normalized spacial score (nSPS) is 13.7. The fourth-order valence-corrected chi connectivity index (χ4v) is 3.84. The molecule has 0 saturated heterocycles. The van der Waals surface area contributed by atoms with Crippen LogP contribution in [-0.4, -0.2) is 33.0 Å². The molecule has 1 saturated carbocycles. The third-order valence-electron chi connectivity index (χ3n) is 4.83. The summed E-state index contributed by atoms with van der Waals surface area (Å²) in [6.07, 6.45) is -2.76. The highest BCUT2D eigenvalue weighted by atomic mass is 32.2. The minimum atomic E-state index is -4.47. The maximum Gasteiger partial charge on any atom is 0.416 e. The van der Waals surface area contributed by atoms with Gasteiger partial charge in [-0.3, -0.25) is 9.36 Å². The average Bonchev–Trinajstić information content (AvgIpc) is 3.56. The predicted octanol–water partition coefficient (Wildman–Crippen LogP) is 4.48. The molecule has 168 valence electrons. The second-order valence-corrected chi connectivity index (χ2v) is 8.35. The molecular formula is C22H21F3N4O2S. The predicted molar refractivity (Wildman–Crippen MR) is 114 cm³/mol. The largest absolute Gasteiger partial charge is 0.493 e. The summed E-state index contributed by atoms with van der Waals surface area (Å²) in [5.41, 5.74) is -0.480. The van der Waals surface area contributed by atoms with E-state index < -0.39 is 11.7 Å². The molecule has 1 aliphatic rings. The summed E-state index contributed by atoms with van der Waals surface area (Å²) in [6.45, 7) is 0.470. The van der Waals surface area contributed by atoms with Crippen LogP contribution in [0.4, 0.5) is 13.2 Å². The van der Waals surface area contributed by atoms with Crippen LogP contribution in [0, 0.1) is 5.92 Å². The van der Waals surface area contributed by atoms with Crippen molar-refractivity contribution in [2.75, 3.05) is 12.4 Å². The summed E-state index contributed by atoms with van der Waals surface area (Å²) in [5.74, 6) is 1.55. The molecule has 1 fully saturated rings. The van der Waals surface area contributed by atoms with Gasteiger partial charge >= 0.3 is 6.18 Å². The molecule has 4 rings (SSSR count). The van der Waals surface area contributed by atoms with Gasteiger partial charge in [0.2, 0.25) is 5.91 Å². The Morgan fingerprint density at radius 2 is 1.91 bits per heavy atom. The van der Waals surface area contributed by atoms with Crippen molar-refractivity contribution in [3.63, 3.8) is 0 Å². The zero-order chi connectivity index (χ0) is 22.6. The van der Waals surface area contributed by atoms with Crippen LogP contribution in [0.2, 0.25) is 0 Å². The number of nitrogens with zero attached hydrogens (tertiary/aromatic N) is 3. The van der Waals surface area contributed by atoms with Crippen LogP contribution in [0.1, 0.15) is 24.2 Å². The third kappa shape index (κ3) is 5.61. The minimum absolute atomic E-state index is 0.0175. The molecule has 32 heavy (non-hydrogen) atoms. The Morgan fingerprint density at radius 3 is 2.62 bits per heavy atom. The Balaban J connectivity index is 1.52. The Morgan fingerprint density at radius 1 is 1.12 bits per heavy atom. The van der Waals surface area contributed by atoms with E-state index in [2.05, 4.69) is 15.5 Å². The summed E-state index contributed by atoms with van der Waals surface area (Å²) in [5, 5.41) is 11.5. The topological polar surface area (TPSA) is 69.0 Å². The Bertz CT molecular complexity index is 1070. The number of nitrogens with one attached hydrogen (secondary N) is 1. The number of ether oxygens (including phenoxy) is 1. The lowest BCUT2D eigenvalue weighted by Crippen LogP contribution is -2.26. The van der Waals surface area contributed by atoms with Gasteiger partial charge in [0.05, 0.1) is 24.4 Å². The van der Waals surface area contributed by atoms with Crippen LogP contribution < -0.4 is 10.1 Å². The molecule has 0 bridgehead atoms.